The van der Waals surface area contributed by atoms with Crippen molar-refractivity contribution in [2.75, 3.05) is 36.3 Å². The summed E-state index contributed by atoms with van der Waals surface area (Å²) in [5.74, 6) is -0.521. The van der Waals surface area contributed by atoms with Gasteiger partial charge in [-0.15, -0.1) is 0 Å². The Labute approximate surface area is 204 Å². The van der Waals surface area contributed by atoms with Crippen molar-refractivity contribution in [3.05, 3.63) is 78.1 Å². The van der Waals surface area contributed by atoms with Crippen LogP contribution in [0.4, 0.5) is 11.4 Å². The Balaban J connectivity index is 1.50. The second-order valence-corrected chi connectivity index (χ2v) is 11.4. The third-order valence-electron chi connectivity index (χ3n) is 5.37. The molecule has 12 heteroatoms. The number of sulfonamides is 2. The maximum atomic E-state index is 13.1. The number of anilines is 2. The Morgan fingerprint density at radius 3 is 2.34 bits per heavy atom. The molecular formula is C23H24N4O6S2. The Morgan fingerprint density at radius 2 is 1.69 bits per heavy atom. The lowest BCUT2D eigenvalue weighted by Crippen LogP contribution is -2.40. The van der Waals surface area contributed by atoms with Gasteiger partial charge in [0.15, 0.2) is 0 Å². The van der Waals surface area contributed by atoms with Gasteiger partial charge in [-0.3, -0.25) is 14.5 Å². The minimum Gasteiger partial charge on any atom is -0.379 e. The van der Waals surface area contributed by atoms with Crippen LogP contribution in [0.1, 0.15) is 15.9 Å². The van der Waals surface area contributed by atoms with E-state index in [-0.39, 0.29) is 28.4 Å². The molecule has 0 spiro atoms. The highest BCUT2D eigenvalue weighted by atomic mass is 32.2. The number of aryl methyl sites for hydroxylation is 1. The zero-order valence-corrected chi connectivity index (χ0v) is 20.5. The van der Waals surface area contributed by atoms with E-state index in [1.54, 1.807) is 31.2 Å². The van der Waals surface area contributed by atoms with Crippen LogP contribution in [0.25, 0.3) is 0 Å². The van der Waals surface area contributed by atoms with E-state index in [1.807, 2.05) is 0 Å². The summed E-state index contributed by atoms with van der Waals surface area (Å²) >= 11 is 0. The average molecular weight is 517 g/mol. The fourth-order valence-corrected chi connectivity index (χ4v) is 6.21. The minimum absolute atomic E-state index is 0.00794. The number of rotatable bonds is 7. The molecule has 10 nitrogen and oxygen atoms in total. The molecule has 1 aromatic heterocycles. The molecule has 1 aliphatic rings. The molecule has 0 atom stereocenters. The van der Waals surface area contributed by atoms with Gasteiger partial charge in [0.2, 0.25) is 10.0 Å². The Morgan fingerprint density at radius 1 is 0.971 bits per heavy atom. The number of ether oxygens (including phenoxy) is 1. The zero-order valence-electron chi connectivity index (χ0n) is 18.8. The van der Waals surface area contributed by atoms with Crippen molar-refractivity contribution in [1.82, 2.24) is 9.29 Å². The molecule has 0 unspecified atom stereocenters. The fourth-order valence-electron chi connectivity index (χ4n) is 3.50. The van der Waals surface area contributed by atoms with E-state index in [9.17, 15) is 21.6 Å². The van der Waals surface area contributed by atoms with E-state index in [0.29, 0.717) is 30.2 Å². The monoisotopic (exact) mass is 516 g/mol. The van der Waals surface area contributed by atoms with Crippen molar-refractivity contribution in [2.45, 2.75) is 16.7 Å². The molecule has 1 aliphatic heterocycles. The number of morpholine rings is 1. The van der Waals surface area contributed by atoms with E-state index < -0.39 is 26.0 Å². The van der Waals surface area contributed by atoms with Crippen molar-refractivity contribution in [3.8, 4) is 0 Å². The highest BCUT2D eigenvalue weighted by molar-refractivity contribution is 7.92. The number of aromatic nitrogens is 1. The average Bonchev–Trinajstić information content (AvgIpc) is 2.85. The van der Waals surface area contributed by atoms with Crippen LogP contribution < -0.4 is 10.0 Å². The Bertz CT molecular complexity index is 1420. The Hall–Kier alpha value is -3.32. The molecule has 3 aromatic rings. The minimum atomic E-state index is -3.83. The largest absolute Gasteiger partial charge is 0.379 e. The molecular weight excluding hydrogens is 492 g/mol. The van der Waals surface area contributed by atoms with E-state index >= 15 is 0 Å². The van der Waals surface area contributed by atoms with Gasteiger partial charge >= 0.3 is 0 Å². The van der Waals surface area contributed by atoms with Crippen LogP contribution in [0.2, 0.25) is 0 Å². The number of hydrogen-bond donors (Lipinski definition) is 2. The lowest BCUT2D eigenvalue weighted by molar-refractivity contribution is 0.0730. The number of hydrogen-bond acceptors (Lipinski definition) is 7. The number of carbonyl (C=O) groups excluding carboxylic acids is 1. The zero-order chi connectivity index (χ0) is 25.1. The Kier molecular flexibility index (Phi) is 7.17. The second kappa shape index (κ2) is 10.1. The van der Waals surface area contributed by atoms with Gasteiger partial charge in [0.25, 0.3) is 15.9 Å². The van der Waals surface area contributed by atoms with E-state index in [1.165, 1.54) is 47.0 Å². The van der Waals surface area contributed by atoms with Gasteiger partial charge in [-0.2, -0.15) is 4.31 Å². The quantitative estimate of drug-likeness (QED) is 0.493. The molecule has 0 aliphatic carbocycles. The summed E-state index contributed by atoms with van der Waals surface area (Å²) in [6, 6.07) is 13.3. The molecule has 0 saturated carbocycles. The molecule has 35 heavy (non-hydrogen) atoms. The summed E-state index contributed by atoms with van der Waals surface area (Å²) in [5.41, 5.74) is 1.38. The summed E-state index contributed by atoms with van der Waals surface area (Å²) in [5, 5.41) is 2.67. The van der Waals surface area contributed by atoms with Crippen LogP contribution in [-0.4, -0.2) is 58.3 Å². The molecule has 2 heterocycles. The molecule has 1 saturated heterocycles. The van der Waals surface area contributed by atoms with E-state index in [4.69, 9.17) is 4.74 Å². The first-order valence-electron chi connectivity index (χ1n) is 10.7. The van der Waals surface area contributed by atoms with Gasteiger partial charge in [-0.1, -0.05) is 6.07 Å². The topological polar surface area (TPSA) is 135 Å². The predicted molar refractivity (Wildman–Crippen MR) is 130 cm³/mol. The summed E-state index contributed by atoms with van der Waals surface area (Å²) in [6.07, 6.45) is 2.92. The van der Waals surface area contributed by atoms with Crippen molar-refractivity contribution in [2.24, 2.45) is 0 Å². The van der Waals surface area contributed by atoms with Crippen molar-refractivity contribution in [3.63, 3.8) is 0 Å². The van der Waals surface area contributed by atoms with Crippen LogP contribution >= 0.6 is 0 Å². The van der Waals surface area contributed by atoms with Crippen LogP contribution in [0, 0.1) is 6.92 Å². The lowest BCUT2D eigenvalue weighted by Gasteiger charge is -2.26. The second-order valence-electron chi connectivity index (χ2n) is 7.82. The molecule has 184 valence electrons. The third-order valence-corrected chi connectivity index (χ3v) is 8.81. The molecule has 2 N–H and O–H groups in total. The maximum absolute atomic E-state index is 13.1. The molecule has 0 radical (unpaired) electrons. The van der Waals surface area contributed by atoms with Crippen LogP contribution in [0.5, 0.6) is 0 Å². The van der Waals surface area contributed by atoms with Crippen molar-refractivity contribution >= 4 is 37.3 Å². The number of carbonyl (C=O) groups is 1. The van der Waals surface area contributed by atoms with Crippen LogP contribution in [0.15, 0.2) is 76.8 Å². The first-order chi connectivity index (χ1) is 16.7. The van der Waals surface area contributed by atoms with E-state index in [0.717, 1.165) is 0 Å². The van der Waals surface area contributed by atoms with Gasteiger partial charge < -0.3 is 10.1 Å². The van der Waals surface area contributed by atoms with Crippen molar-refractivity contribution in [1.29, 1.82) is 0 Å². The van der Waals surface area contributed by atoms with Gasteiger partial charge in [0, 0.05) is 30.5 Å². The van der Waals surface area contributed by atoms with Gasteiger partial charge in [-0.25, -0.2) is 16.8 Å². The maximum Gasteiger partial charge on any atom is 0.261 e. The number of benzene rings is 2. The van der Waals surface area contributed by atoms with Crippen LogP contribution in [-0.2, 0) is 24.8 Å². The lowest BCUT2D eigenvalue weighted by atomic mass is 10.1. The highest BCUT2D eigenvalue weighted by Gasteiger charge is 2.28. The summed E-state index contributed by atoms with van der Waals surface area (Å²) in [4.78, 5) is 16.8. The van der Waals surface area contributed by atoms with Crippen LogP contribution in [0.3, 0.4) is 0 Å². The standard InChI is InChI=1S/C23H24N4O6S2/c1-17-4-5-18(15-22(17)35(31,32)27-11-13-33-14-12-27)23(28)25-19-6-8-21(9-7-19)34(29,30)26-20-3-2-10-24-16-20/h2-10,15-16,26H,11-14H2,1H3,(H,25,28). The number of amides is 1. The number of nitrogens with one attached hydrogen (secondary N) is 2. The van der Waals surface area contributed by atoms with Gasteiger partial charge in [0.1, 0.15) is 0 Å². The molecule has 1 fully saturated rings. The number of nitrogens with zero attached hydrogens (tertiary/aromatic N) is 2. The first kappa shape index (κ1) is 24.8. The predicted octanol–water partition coefficient (Wildman–Crippen LogP) is 2.46. The first-order valence-corrected chi connectivity index (χ1v) is 13.6. The molecule has 1 amide bonds. The number of pyridine rings is 1. The summed E-state index contributed by atoms with van der Waals surface area (Å²) in [7, 11) is -7.61. The summed E-state index contributed by atoms with van der Waals surface area (Å²) < 4.78 is 60.3. The molecule has 0 bridgehead atoms. The van der Waals surface area contributed by atoms with E-state index in [2.05, 4.69) is 15.0 Å². The molecule has 4 rings (SSSR count). The normalized spacial score (nSPS) is 14.9. The molecule has 2 aromatic carbocycles. The van der Waals surface area contributed by atoms with Crippen molar-refractivity contribution < 1.29 is 26.4 Å². The third kappa shape index (κ3) is 5.68. The highest BCUT2D eigenvalue weighted by Crippen LogP contribution is 2.23. The summed E-state index contributed by atoms with van der Waals surface area (Å²) in [6.45, 7) is 2.82. The fraction of sp³-hybridized carbons (Fsp3) is 0.217. The smallest absolute Gasteiger partial charge is 0.261 e. The van der Waals surface area contributed by atoms with Gasteiger partial charge in [0.05, 0.1) is 34.9 Å². The SMILES string of the molecule is Cc1ccc(C(=O)Nc2ccc(S(=O)(=O)Nc3cccnc3)cc2)cc1S(=O)(=O)N1CCOCC1. The van der Waals surface area contributed by atoms with Gasteiger partial charge in [-0.05, 0) is 61.0 Å².